The van der Waals surface area contributed by atoms with E-state index >= 15 is 0 Å². The maximum absolute atomic E-state index is 12.2. The third-order valence-corrected chi connectivity index (χ3v) is 4.16. The normalized spacial score (nSPS) is 37.9. The maximum atomic E-state index is 12.2. The van der Waals surface area contributed by atoms with Crippen molar-refractivity contribution in [3.8, 4) is 0 Å². The second-order valence-corrected chi connectivity index (χ2v) is 5.17. The molecule has 2 heterocycles. The highest BCUT2D eigenvalue weighted by Crippen LogP contribution is 2.38. The summed E-state index contributed by atoms with van der Waals surface area (Å²) in [6.45, 7) is 2.97. The standard InChI is InChI=1S/C12H18N2O2/c1-2-8-10-9(5-6-13-10)14(12(8)16)11(15)7-3-4-7/h7-10,13H,2-6H2,1H3/t8-,9-,10+/m0/s1. The molecule has 2 amide bonds. The first-order valence-corrected chi connectivity index (χ1v) is 6.34. The van der Waals surface area contributed by atoms with E-state index in [1.165, 1.54) is 0 Å². The highest BCUT2D eigenvalue weighted by atomic mass is 16.2. The van der Waals surface area contributed by atoms with Gasteiger partial charge in [0.15, 0.2) is 0 Å². The van der Waals surface area contributed by atoms with Crippen LogP contribution in [0.3, 0.4) is 0 Å². The van der Waals surface area contributed by atoms with E-state index in [1.54, 1.807) is 4.90 Å². The molecule has 2 saturated heterocycles. The van der Waals surface area contributed by atoms with Crippen molar-refractivity contribution in [3.63, 3.8) is 0 Å². The van der Waals surface area contributed by atoms with E-state index in [9.17, 15) is 9.59 Å². The fourth-order valence-electron chi connectivity index (χ4n) is 3.14. The molecule has 4 heteroatoms. The summed E-state index contributed by atoms with van der Waals surface area (Å²) in [5.41, 5.74) is 0. The average Bonchev–Trinajstić information content (AvgIpc) is 2.96. The molecule has 4 nitrogen and oxygen atoms in total. The van der Waals surface area contributed by atoms with Crippen molar-refractivity contribution < 1.29 is 9.59 Å². The Kier molecular flexibility index (Phi) is 2.28. The van der Waals surface area contributed by atoms with Gasteiger partial charge in [-0.1, -0.05) is 6.92 Å². The van der Waals surface area contributed by atoms with Crippen LogP contribution in [0, 0.1) is 11.8 Å². The van der Waals surface area contributed by atoms with Gasteiger partial charge in [0.2, 0.25) is 11.8 Å². The van der Waals surface area contributed by atoms with E-state index in [2.05, 4.69) is 5.32 Å². The van der Waals surface area contributed by atoms with Crippen LogP contribution in [0.15, 0.2) is 0 Å². The lowest BCUT2D eigenvalue weighted by Gasteiger charge is -2.21. The Morgan fingerprint density at radius 1 is 1.44 bits per heavy atom. The lowest BCUT2D eigenvalue weighted by molar-refractivity contribution is -0.146. The summed E-state index contributed by atoms with van der Waals surface area (Å²) in [7, 11) is 0. The number of imide groups is 1. The van der Waals surface area contributed by atoms with Gasteiger partial charge in [0.1, 0.15) is 0 Å². The number of carbonyl (C=O) groups excluding carboxylic acids is 2. The van der Waals surface area contributed by atoms with Gasteiger partial charge >= 0.3 is 0 Å². The Hall–Kier alpha value is -0.900. The van der Waals surface area contributed by atoms with Crippen molar-refractivity contribution in [2.75, 3.05) is 6.54 Å². The molecule has 3 fully saturated rings. The zero-order valence-electron chi connectivity index (χ0n) is 9.61. The second-order valence-electron chi connectivity index (χ2n) is 5.17. The van der Waals surface area contributed by atoms with Crippen molar-refractivity contribution in [1.82, 2.24) is 10.2 Å². The Balaban J connectivity index is 1.86. The Bertz CT molecular complexity index is 338. The molecular weight excluding hydrogens is 204 g/mol. The molecule has 1 saturated carbocycles. The van der Waals surface area contributed by atoms with Crippen LogP contribution in [-0.4, -0.2) is 35.3 Å². The van der Waals surface area contributed by atoms with E-state index < -0.39 is 0 Å². The molecule has 0 spiro atoms. The van der Waals surface area contributed by atoms with Crippen molar-refractivity contribution >= 4 is 11.8 Å². The summed E-state index contributed by atoms with van der Waals surface area (Å²) >= 11 is 0. The summed E-state index contributed by atoms with van der Waals surface area (Å²) in [6.07, 6.45) is 3.72. The number of carbonyl (C=O) groups is 2. The molecule has 1 N–H and O–H groups in total. The van der Waals surface area contributed by atoms with E-state index in [0.29, 0.717) is 0 Å². The molecular formula is C12H18N2O2. The zero-order valence-corrected chi connectivity index (χ0v) is 9.61. The SMILES string of the molecule is CC[C@@H]1C(=O)N(C(=O)C2CC2)[C@H]2CCN[C@H]12. The maximum Gasteiger partial charge on any atom is 0.234 e. The molecule has 0 unspecified atom stereocenters. The molecule has 3 rings (SSSR count). The summed E-state index contributed by atoms with van der Waals surface area (Å²) in [4.78, 5) is 25.9. The quantitative estimate of drug-likeness (QED) is 0.693. The monoisotopic (exact) mass is 222 g/mol. The number of hydrogen-bond donors (Lipinski definition) is 1. The van der Waals surface area contributed by atoms with Crippen molar-refractivity contribution in [1.29, 1.82) is 0 Å². The summed E-state index contributed by atoms with van der Waals surface area (Å²) in [6, 6.07) is 0.366. The van der Waals surface area contributed by atoms with Crippen LogP contribution in [0.4, 0.5) is 0 Å². The second kappa shape index (κ2) is 3.55. The molecule has 16 heavy (non-hydrogen) atoms. The smallest absolute Gasteiger partial charge is 0.234 e. The number of amides is 2. The molecule has 0 aromatic carbocycles. The molecule has 0 bridgehead atoms. The van der Waals surface area contributed by atoms with Crippen molar-refractivity contribution in [3.05, 3.63) is 0 Å². The minimum Gasteiger partial charge on any atom is -0.311 e. The van der Waals surface area contributed by atoms with Gasteiger partial charge in [0.25, 0.3) is 0 Å². The van der Waals surface area contributed by atoms with Crippen LogP contribution in [-0.2, 0) is 9.59 Å². The number of hydrogen-bond acceptors (Lipinski definition) is 3. The third kappa shape index (κ3) is 1.32. The lowest BCUT2D eigenvalue weighted by Crippen LogP contribution is -2.41. The van der Waals surface area contributed by atoms with Gasteiger partial charge in [0, 0.05) is 12.0 Å². The highest BCUT2D eigenvalue weighted by Gasteiger charge is 2.53. The minimum absolute atomic E-state index is 0.0233. The number of likely N-dealkylation sites (tertiary alicyclic amines) is 1. The molecule has 3 atom stereocenters. The van der Waals surface area contributed by atoms with Crippen molar-refractivity contribution in [2.24, 2.45) is 11.8 Å². The van der Waals surface area contributed by atoms with Gasteiger partial charge in [-0.2, -0.15) is 0 Å². The van der Waals surface area contributed by atoms with E-state index in [-0.39, 0.29) is 35.7 Å². The lowest BCUT2D eigenvalue weighted by atomic mass is 9.97. The number of nitrogens with zero attached hydrogens (tertiary/aromatic N) is 1. The van der Waals surface area contributed by atoms with Gasteiger partial charge in [-0.3, -0.25) is 14.5 Å². The van der Waals surface area contributed by atoms with Crippen LogP contribution < -0.4 is 5.32 Å². The predicted octanol–water partition coefficient (Wildman–Crippen LogP) is 0.522. The summed E-state index contributed by atoms with van der Waals surface area (Å²) in [5, 5.41) is 3.38. The molecule has 0 radical (unpaired) electrons. The van der Waals surface area contributed by atoms with Crippen LogP contribution in [0.25, 0.3) is 0 Å². The fraction of sp³-hybridized carbons (Fsp3) is 0.833. The van der Waals surface area contributed by atoms with Gasteiger partial charge in [-0.25, -0.2) is 0 Å². The van der Waals surface area contributed by atoms with Gasteiger partial charge in [-0.15, -0.1) is 0 Å². The minimum atomic E-state index is 0.0233. The first-order valence-electron chi connectivity index (χ1n) is 6.34. The van der Waals surface area contributed by atoms with E-state index in [4.69, 9.17) is 0 Å². The molecule has 0 aromatic rings. The number of rotatable bonds is 2. The first kappa shape index (κ1) is 10.3. The van der Waals surface area contributed by atoms with E-state index in [0.717, 1.165) is 32.2 Å². The topological polar surface area (TPSA) is 49.4 Å². The number of fused-ring (bicyclic) bond motifs is 1. The molecule has 1 aliphatic carbocycles. The average molecular weight is 222 g/mol. The molecule has 88 valence electrons. The van der Waals surface area contributed by atoms with Crippen molar-refractivity contribution in [2.45, 2.75) is 44.7 Å². The summed E-state index contributed by atoms with van der Waals surface area (Å²) < 4.78 is 0. The zero-order chi connectivity index (χ0) is 11.3. The third-order valence-electron chi connectivity index (χ3n) is 4.16. The highest BCUT2D eigenvalue weighted by molar-refractivity contribution is 6.01. The molecule has 0 aromatic heterocycles. The summed E-state index contributed by atoms with van der Waals surface area (Å²) in [5.74, 6) is 0.345. The molecule has 2 aliphatic heterocycles. The Labute approximate surface area is 95.4 Å². The van der Waals surface area contributed by atoms with Gasteiger partial charge in [0.05, 0.1) is 12.0 Å². The predicted molar refractivity (Wildman–Crippen MR) is 58.6 cm³/mol. The first-order chi connectivity index (χ1) is 7.74. The fourth-order valence-corrected chi connectivity index (χ4v) is 3.14. The number of nitrogens with one attached hydrogen (secondary N) is 1. The van der Waals surface area contributed by atoms with Crippen LogP contribution in [0.2, 0.25) is 0 Å². The Morgan fingerprint density at radius 2 is 2.19 bits per heavy atom. The Morgan fingerprint density at radius 3 is 2.81 bits per heavy atom. The van der Waals surface area contributed by atoms with Crippen LogP contribution in [0.1, 0.15) is 32.6 Å². The van der Waals surface area contributed by atoms with E-state index in [1.807, 2.05) is 6.92 Å². The van der Waals surface area contributed by atoms with Gasteiger partial charge in [-0.05, 0) is 32.2 Å². The largest absolute Gasteiger partial charge is 0.311 e. The van der Waals surface area contributed by atoms with Crippen LogP contribution in [0.5, 0.6) is 0 Å². The van der Waals surface area contributed by atoms with Gasteiger partial charge < -0.3 is 5.32 Å². The molecule has 3 aliphatic rings. The van der Waals surface area contributed by atoms with Crippen LogP contribution >= 0.6 is 0 Å².